The lowest BCUT2D eigenvalue weighted by molar-refractivity contribution is 0.621. The van der Waals surface area contributed by atoms with Crippen LogP contribution in [0.25, 0.3) is 0 Å². The number of rotatable bonds is 3. The minimum absolute atomic E-state index is 0.279. The van der Waals surface area contributed by atoms with Crippen molar-refractivity contribution in [3.63, 3.8) is 0 Å². The average Bonchev–Trinajstić information content (AvgIpc) is 2.41. The standard InChI is InChI=1S/C14H10BrFN2/c15-13-7-12(5-6-14(13)16)18-9-11-3-1-10(8-17)2-4-11/h1-7,18H,9H2. The number of hydrogen-bond donors (Lipinski definition) is 1. The molecular formula is C14H10BrFN2. The van der Waals surface area contributed by atoms with E-state index in [4.69, 9.17) is 5.26 Å². The molecule has 0 spiro atoms. The Bertz CT molecular complexity index is 588. The summed E-state index contributed by atoms with van der Waals surface area (Å²) in [5.74, 6) is -0.279. The quantitative estimate of drug-likeness (QED) is 0.927. The van der Waals surface area contributed by atoms with Gasteiger partial charge in [0.25, 0.3) is 0 Å². The maximum atomic E-state index is 13.0. The fourth-order valence-electron chi connectivity index (χ4n) is 1.51. The molecule has 0 unspecified atom stereocenters. The Morgan fingerprint density at radius 2 is 1.89 bits per heavy atom. The fourth-order valence-corrected chi connectivity index (χ4v) is 1.89. The lowest BCUT2D eigenvalue weighted by atomic mass is 10.1. The van der Waals surface area contributed by atoms with Crippen LogP contribution in [0.3, 0.4) is 0 Å². The summed E-state index contributed by atoms with van der Waals surface area (Å²) in [4.78, 5) is 0. The highest BCUT2D eigenvalue weighted by atomic mass is 79.9. The van der Waals surface area contributed by atoms with Crippen molar-refractivity contribution in [1.29, 1.82) is 5.26 Å². The van der Waals surface area contributed by atoms with E-state index < -0.39 is 0 Å². The van der Waals surface area contributed by atoms with Crippen LogP contribution in [0.5, 0.6) is 0 Å². The Kier molecular flexibility index (Phi) is 3.96. The Balaban J connectivity index is 2.02. The number of nitriles is 1. The molecule has 0 aliphatic carbocycles. The summed E-state index contributed by atoms with van der Waals surface area (Å²) in [6.07, 6.45) is 0. The third kappa shape index (κ3) is 3.08. The molecule has 2 nitrogen and oxygen atoms in total. The first-order valence-electron chi connectivity index (χ1n) is 5.37. The van der Waals surface area contributed by atoms with Crippen molar-refractivity contribution in [3.8, 4) is 6.07 Å². The van der Waals surface area contributed by atoms with Gasteiger partial charge in [0.2, 0.25) is 0 Å². The number of benzene rings is 2. The number of anilines is 1. The molecule has 0 heterocycles. The van der Waals surface area contributed by atoms with E-state index in [1.165, 1.54) is 6.07 Å². The average molecular weight is 305 g/mol. The van der Waals surface area contributed by atoms with Gasteiger partial charge in [0.1, 0.15) is 5.82 Å². The largest absolute Gasteiger partial charge is 0.381 e. The summed E-state index contributed by atoms with van der Waals surface area (Å²) < 4.78 is 13.5. The van der Waals surface area contributed by atoms with E-state index in [0.717, 1.165) is 11.3 Å². The normalized spacial score (nSPS) is 9.83. The van der Waals surface area contributed by atoms with Crippen molar-refractivity contribution in [1.82, 2.24) is 0 Å². The van der Waals surface area contributed by atoms with Gasteiger partial charge >= 0.3 is 0 Å². The van der Waals surface area contributed by atoms with Gasteiger partial charge in [0.15, 0.2) is 0 Å². The molecule has 18 heavy (non-hydrogen) atoms. The lowest BCUT2D eigenvalue weighted by Crippen LogP contribution is -1.99. The first-order chi connectivity index (χ1) is 8.69. The monoisotopic (exact) mass is 304 g/mol. The number of nitrogens with one attached hydrogen (secondary N) is 1. The first kappa shape index (κ1) is 12.6. The van der Waals surface area contributed by atoms with E-state index in [-0.39, 0.29) is 5.82 Å². The van der Waals surface area contributed by atoms with Crippen LogP contribution in [0, 0.1) is 17.1 Å². The van der Waals surface area contributed by atoms with Crippen LogP contribution >= 0.6 is 15.9 Å². The van der Waals surface area contributed by atoms with E-state index in [1.54, 1.807) is 24.3 Å². The van der Waals surface area contributed by atoms with Gasteiger partial charge in [-0.05, 0) is 51.8 Å². The van der Waals surface area contributed by atoms with Gasteiger partial charge in [0.05, 0.1) is 16.1 Å². The van der Waals surface area contributed by atoms with Gasteiger partial charge in [-0.25, -0.2) is 4.39 Å². The SMILES string of the molecule is N#Cc1ccc(CNc2ccc(F)c(Br)c2)cc1. The highest BCUT2D eigenvalue weighted by Gasteiger charge is 2.00. The van der Waals surface area contributed by atoms with Crippen LogP contribution in [0.1, 0.15) is 11.1 Å². The second kappa shape index (κ2) is 5.65. The maximum Gasteiger partial charge on any atom is 0.137 e. The lowest BCUT2D eigenvalue weighted by Gasteiger charge is -2.07. The molecular weight excluding hydrogens is 295 g/mol. The van der Waals surface area contributed by atoms with Gasteiger partial charge < -0.3 is 5.32 Å². The van der Waals surface area contributed by atoms with Crippen molar-refractivity contribution < 1.29 is 4.39 Å². The van der Waals surface area contributed by atoms with E-state index in [1.807, 2.05) is 12.1 Å². The fraction of sp³-hybridized carbons (Fsp3) is 0.0714. The van der Waals surface area contributed by atoms with Crippen molar-refractivity contribution in [2.45, 2.75) is 6.54 Å². The minimum Gasteiger partial charge on any atom is -0.381 e. The molecule has 0 saturated carbocycles. The molecule has 0 aliphatic heterocycles. The van der Waals surface area contributed by atoms with Crippen molar-refractivity contribution in [2.75, 3.05) is 5.32 Å². The summed E-state index contributed by atoms with van der Waals surface area (Å²) in [6, 6.07) is 14.2. The van der Waals surface area contributed by atoms with Crippen molar-refractivity contribution >= 4 is 21.6 Å². The van der Waals surface area contributed by atoms with Crippen LogP contribution in [-0.4, -0.2) is 0 Å². The topological polar surface area (TPSA) is 35.8 Å². The Hall–Kier alpha value is -1.86. The summed E-state index contributed by atoms with van der Waals surface area (Å²) >= 11 is 3.14. The van der Waals surface area contributed by atoms with Crippen molar-refractivity contribution in [3.05, 3.63) is 63.9 Å². The molecule has 0 radical (unpaired) electrons. The predicted octanol–water partition coefficient (Wildman–Crippen LogP) is 4.07. The zero-order valence-electron chi connectivity index (χ0n) is 9.45. The number of halogens is 2. The molecule has 4 heteroatoms. The smallest absolute Gasteiger partial charge is 0.137 e. The Labute approximate surface area is 113 Å². The molecule has 0 fully saturated rings. The van der Waals surface area contributed by atoms with Gasteiger partial charge in [0, 0.05) is 12.2 Å². The zero-order valence-corrected chi connectivity index (χ0v) is 11.0. The number of nitrogens with zero attached hydrogens (tertiary/aromatic N) is 1. The Morgan fingerprint density at radius 3 is 2.50 bits per heavy atom. The van der Waals surface area contributed by atoms with E-state index in [2.05, 4.69) is 27.3 Å². The third-order valence-electron chi connectivity index (χ3n) is 2.50. The van der Waals surface area contributed by atoms with Crippen LogP contribution in [0.2, 0.25) is 0 Å². The highest BCUT2D eigenvalue weighted by Crippen LogP contribution is 2.20. The molecule has 0 aromatic heterocycles. The summed E-state index contributed by atoms with van der Waals surface area (Å²) in [6.45, 7) is 0.629. The first-order valence-corrected chi connectivity index (χ1v) is 6.16. The molecule has 0 atom stereocenters. The van der Waals surface area contributed by atoms with Crippen LogP contribution in [-0.2, 0) is 6.54 Å². The second-order valence-electron chi connectivity index (χ2n) is 3.79. The van der Waals surface area contributed by atoms with Crippen molar-refractivity contribution in [2.24, 2.45) is 0 Å². The summed E-state index contributed by atoms with van der Waals surface area (Å²) in [7, 11) is 0. The molecule has 2 aromatic carbocycles. The number of hydrogen-bond acceptors (Lipinski definition) is 2. The molecule has 2 aromatic rings. The molecule has 2 rings (SSSR count). The predicted molar refractivity (Wildman–Crippen MR) is 72.6 cm³/mol. The van der Waals surface area contributed by atoms with Gasteiger partial charge in [-0.2, -0.15) is 5.26 Å². The molecule has 0 amide bonds. The second-order valence-corrected chi connectivity index (χ2v) is 4.65. The molecule has 0 bridgehead atoms. The molecule has 0 aliphatic rings. The van der Waals surface area contributed by atoms with Crippen LogP contribution in [0.15, 0.2) is 46.9 Å². The van der Waals surface area contributed by atoms with Gasteiger partial charge in [-0.15, -0.1) is 0 Å². The third-order valence-corrected chi connectivity index (χ3v) is 3.11. The highest BCUT2D eigenvalue weighted by molar-refractivity contribution is 9.10. The molecule has 0 saturated heterocycles. The summed E-state index contributed by atoms with van der Waals surface area (Å²) in [5.41, 5.74) is 2.55. The van der Waals surface area contributed by atoms with Crippen LogP contribution < -0.4 is 5.32 Å². The van der Waals surface area contributed by atoms with Crippen LogP contribution in [0.4, 0.5) is 10.1 Å². The zero-order chi connectivity index (χ0) is 13.0. The maximum absolute atomic E-state index is 13.0. The van der Waals surface area contributed by atoms with E-state index in [0.29, 0.717) is 16.6 Å². The van der Waals surface area contributed by atoms with Gasteiger partial charge in [-0.3, -0.25) is 0 Å². The van der Waals surface area contributed by atoms with Gasteiger partial charge in [-0.1, -0.05) is 12.1 Å². The van der Waals surface area contributed by atoms with E-state index in [9.17, 15) is 4.39 Å². The Morgan fingerprint density at radius 1 is 1.17 bits per heavy atom. The molecule has 1 N–H and O–H groups in total. The minimum atomic E-state index is -0.279. The van der Waals surface area contributed by atoms with E-state index >= 15 is 0 Å². The summed E-state index contributed by atoms with van der Waals surface area (Å²) in [5, 5.41) is 11.9. The molecule has 90 valence electrons.